The largest absolute Gasteiger partial charge is 0.370 e. The molecular weight excluding hydrogens is 298 g/mol. The van der Waals surface area contributed by atoms with Crippen LogP contribution in [-0.4, -0.2) is 30.1 Å². The van der Waals surface area contributed by atoms with Crippen LogP contribution in [0, 0.1) is 6.92 Å². The van der Waals surface area contributed by atoms with E-state index in [0.717, 1.165) is 24.6 Å². The number of hydrogen-bond donors (Lipinski definition) is 2. The Morgan fingerprint density at radius 3 is 2.58 bits per heavy atom. The number of nitrogens with one attached hydrogen (secondary N) is 1. The van der Waals surface area contributed by atoms with Crippen LogP contribution in [0.25, 0.3) is 0 Å². The summed E-state index contributed by atoms with van der Waals surface area (Å²) in [6, 6.07) is 4.71. The minimum Gasteiger partial charge on any atom is -0.370 e. The molecule has 24 heavy (non-hydrogen) atoms. The van der Waals surface area contributed by atoms with Gasteiger partial charge >= 0.3 is 0 Å². The Hall–Kier alpha value is -1.78. The van der Waals surface area contributed by atoms with E-state index in [1.165, 1.54) is 56.9 Å². The average molecular weight is 329 g/mol. The summed E-state index contributed by atoms with van der Waals surface area (Å²) in [7, 11) is 0. The number of anilines is 1. The second-order valence-electron chi connectivity index (χ2n) is 7.16. The fourth-order valence-corrected chi connectivity index (χ4v) is 3.75. The van der Waals surface area contributed by atoms with Crippen molar-refractivity contribution in [2.75, 3.05) is 18.0 Å². The number of nitrogens with zero attached hydrogens (tertiary/aromatic N) is 3. The molecule has 1 aromatic rings. The average Bonchev–Trinajstić information content (AvgIpc) is 2.99. The van der Waals surface area contributed by atoms with E-state index in [1.807, 2.05) is 0 Å². The van der Waals surface area contributed by atoms with E-state index in [9.17, 15) is 0 Å². The lowest BCUT2D eigenvalue weighted by molar-refractivity contribution is 0.530. The number of aromatic nitrogens is 1. The van der Waals surface area contributed by atoms with Crippen LogP contribution >= 0.6 is 0 Å². The first-order valence-electron chi connectivity index (χ1n) is 9.50. The van der Waals surface area contributed by atoms with E-state index in [4.69, 9.17) is 10.7 Å². The van der Waals surface area contributed by atoms with Crippen molar-refractivity contribution in [1.82, 2.24) is 10.3 Å². The predicted octanol–water partition coefficient (Wildman–Crippen LogP) is 3.12. The highest BCUT2D eigenvalue weighted by Crippen LogP contribution is 2.23. The van der Waals surface area contributed by atoms with Crippen molar-refractivity contribution in [2.45, 2.75) is 70.9 Å². The molecule has 3 N–H and O–H groups in total. The highest BCUT2D eigenvalue weighted by molar-refractivity contribution is 5.78. The maximum atomic E-state index is 6.14. The number of guanidine groups is 1. The van der Waals surface area contributed by atoms with Gasteiger partial charge in [-0.25, -0.2) is 9.98 Å². The van der Waals surface area contributed by atoms with E-state index in [2.05, 4.69) is 34.3 Å². The van der Waals surface area contributed by atoms with E-state index >= 15 is 0 Å². The molecule has 0 unspecified atom stereocenters. The molecule has 3 rings (SSSR count). The summed E-state index contributed by atoms with van der Waals surface area (Å²) in [4.78, 5) is 11.7. The highest BCUT2D eigenvalue weighted by Gasteiger charge is 2.17. The van der Waals surface area contributed by atoms with Crippen LogP contribution in [0.1, 0.15) is 62.6 Å². The zero-order chi connectivity index (χ0) is 16.8. The van der Waals surface area contributed by atoms with Gasteiger partial charge in [-0.1, -0.05) is 31.7 Å². The van der Waals surface area contributed by atoms with Crippen LogP contribution in [-0.2, 0) is 6.54 Å². The second-order valence-corrected chi connectivity index (χ2v) is 7.16. The molecule has 5 nitrogen and oxygen atoms in total. The molecule has 1 aliphatic heterocycles. The predicted molar refractivity (Wildman–Crippen MR) is 100 cm³/mol. The summed E-state index contributed by atoms with van der Waals surface area (Å²) < 4.78 is 0. The molecular formula is C19H31N5. The normalized spacial score (nSPS) is 20.2. The van der Waals surface area contributed by atoms with Crippen molar-refractivity contribution in [3.63, 3.8) is 0 Å². The third-order valence-corrected chi connectivity index (χ3v) is 5.13. The molecule has 0 spiro atoms. The molecule has 1 aliphatic carbocycles. The van der Waals surface area contributed by atoms with E-state index in [0.29, 0.717) is 18.5 Å². The van der Waals surface area contributed by atoms with Gasteiger partial charge in [-0.2, -0.15) is 0 Å². The molecule has 0 radical (unpaired) electrons. The molecule has 0 bridgehead atoms. The number of aliphatic imine (C=N–C) groups is 1. The van der Waals surface area contributed by atoms with Crippen molar-refractivity contribution in [3.05, 3.63) is 23.4 Å². The van der Waals surface area contributed by atoms with Crippen molar-refractivity contribution in [3.8, 4) is 0 Å². The number of nitrogens with two attached hydrogens (primary N) is 1. The van der Waals surface area contributed by atoms with Crippen molar-refractivity contribution < 1.29 is 0 Å². The van der Waals surface area contributed by atoms with Crippen LogP contribution < -0.4 is 16.0 Å². The van der Waals surface area contributed by atoms with Gasteiger partial charge in [-0.05, 0) is 38.7 Å². The van der Waals surface area contributed by atoms with Gasteiger partial charge in [-0.15, -0.1) is 0 Å². The Morgan fingerprint density at radius 2 is 1.88 bits per heavy atom. The topological polar surface area (TPSA) is 66.5 Å². The maximum Gasteiger partial charge on any atom is 0.189 e. The number of pyridine rings is 1. The summed E-state index contributed by atoms with van der Waals surface area (Å²) in [6.07, 6.45) is 10.2. The first-order chi connectivity index (χ1) is 11.7. The van der Waals surface area contributed by atoms with Crippen LogP contribution in [0.15, 0.2) is 17.1 Å². The van der Waals surface area contributed by atoms with Crippen LogP contribution in [0.3, 0.4) is 0 Å². The first kappa shape index (κ1) is 17.1. The van der Waals surface area contributed by atoms with E-state index in [-0.39, 0.29) is 0 Å². The van der Waals surface area contributed by atoms with E-state index < -0.39 is 0 Å². The number of hydrogen-bond acceptors (Lipinski definition) is 3. The second kappa shape index (κ2) is 8.36. The summed E-state index contributed by atoms with van der Waals surface area (Å²) in [5.41, 5.74) is 8.38. The third kappa shape index (κ3) is 4.62. The fourth-order valence-electron chi connectivity index (χ4n) is 3.75. The Morgan fingerprint density at radius 1 is 1.17 bits per heavy atom. The van der Waals surface area contributed by atoms with Gasteiger partial charge in [0.25, 0.3) is 0 Å². The van der Waals surface area contributed by atoms with Gasteiger partial charge < -0.3 is 16.0 Å². The summed E-state index contributed by atoms with van der Waals surface area (Å²) >= 11 is 0. The van der Waals surface area contributed by atoms with Gasteiger partial charge in [0, 0.05) is 30.4 Å². The van der Waals surface area contributed by atoms with Crippen LogP contribution in [0.4, 0.5) is 5.82 Å². The molecule has 2 heterocycles. The Kier molecular flexibility index (Phi) is 5.94. The van der Waals surface area contributed by atoms with Gasteiger partial charge in [0.2, 0.25) is 0 Å². The minimum atomic E-state index is 0.491. The molecule has 5 heteroatoms. The van der Waals surface area contributed by atoms with Crippen molar-refractivity contribution in [2.24, 2.45) is 10.7 Å². The molecule has 0 aromatic carbocycles. The van der Waals surface area contributed by atoms with Crippen molar-refractivity contribution >= 4 is 11.8 Å². The quantitative estimate of drug-likeness (QED) is 0.506. The Labute approximate surface area is 145 Å². The molecule has 132 valence electrons. The number of aryl methyl sites for hydroxylation is 1. The minimum absolute atomic E-state index is 0.491. The lowest BCUT2D eigenvalue weighted by Crippen LogP contribution is -2.39. The lowest BCUT2D eigenvalue weighted by atomic mass is 10.1. The third-order valence-electron chi connectivity index (χ3n) is 5.13. The lowest BCUT2D eigenvalue weighted by Gasteiger charge is -2.20. The van der Waals surface area contributed by atoms with Gasteiger partial charge in [-0.3, -0.25) is 0 Å². The monoisotopic (exact) mass is 329 g/mol. The van der Waals surface area contributed by atoms with Gasteiger partial charge in [0.15, 0.2) is 5.96 Å². The number of rotatable bonds is 4. The highest BCUT2D eigenvalue weighted by atomic mass is 15.2. The first-order valence-corrected chi connectivity index (χ1v) is 9.50. The fraction of sp³-hybridized carbons (Fsp3) is 0.684. The molecule has 0 atom stereocenters. The molecule has 1 saturated heterocycles. The summed E-state index contributed by atoms with van der Waals surface area (Å²) in [5, 5.41) is 3.42. The van der Waals surface area contributed by atoms with Gasteiger partial charge in [0.1, 0.15) is 5.82 Å². The smallest absolute Gasteiger partial charge is 0.189 e. The van der Waals surface area contributed by atoms with E-state index in [1.54, 1.807) is 0 Å². The standard InChI is InChI=1S/C19H31N5/c1-15-10-11-16(18(22-15)24-12-6-7-13-24)14-21-19(20)23-17-8-4-2-3-5-9-17/h10-11,17H,2-9,12-14H2,1H3,(H3,20,21,23). The molecule has 0 amide bonds. The molecule has 1 saturated carbocycles. The molecule has 2 aliphatic rings. The SMILES string of the molecule is Cc1ccc(CN=C(N)NC2CCCCCC2)c(N2CCCC2)n1. The molecule has 2 fully saturated rings. The zero-order valence-corrected chi connectivity index (χ0v) is 14.9. The molecule has 1 aromatic heterocycles. The zero-order valence-electron chi connectivity index (χ0n) is 14.9. The summed E-state index contributed by atoms with van der Waals surface area (Å²) in [5.74, 6) is 1.67. The van der Waals surface area contributed by atoms with Crippen LogP contribution in [0.2, 0.25) is 0 Å². The summed E-state index contributed by atoms with van der Waals surface area (Å²) in [6.45, 7) is 4.85. The van der Waals surface area contributed by atoms with Gasteiger partial charge in [0.05, 0.1) is 6.54 Å². The van der Waals surface area contributed by atoms with Crippen LogP contribution in [0.5, 0.6) is 0 Å². The Bertz CT molecular complexity index is 555. The Balaban J connectivity index is 1.64. The maximum absolute atomic E-state index is 6.14. The van der Waals surface area contributed by atoms with Crippen molar-refractivity contribution in [1.29, 1.82) is 0 Å².